The standard InChI is InChI=1S/C39H46F4N4O4/c40-33-12-10-28(23-32(33)39(41,42)43)51-29-9-11-31(35(25-29)50-22-19-47-16-5-6-17-47)38-44-34-24-30(48-21-18-46-14-3-4-15-46)26-36(37(34)45-38)49-20-13-27-7-1-2-8-27/h9-12,23-27H,1-8,13-22H2,(H,44,45). The molecule has 0 atom stereocenters. The van der Waals surface area contributed by atoms with Gasteiger partial charge in [0.25, 0.3) is 0 Å². The topological polar surface area (TPSA) is 72.1 Å². The molecule has 7 rings (SSSR count). The summed E-state index contributed by atoms with van der Waals surface area (Å²) in [5.41, 5.74) is 0.705. The first-order chi connectivity index (χ1) is 24.8. The monoisotopic (exact) mass is 710 g/mol. The number of halogens is 4. The van der Waals surface area contributed by atoms with Gasteiger partial charge in [0.15, 0.2) is 5.75 Å². The third-order valence-corrected chi connectivity index (χ3v) is 10.2. The maximum absolute atomic E-state index is 14.0. The Balaban J connectivity index is 1.16. The number of hydrogen-bond donors (Lipinski definition) is 1. The zero-order chi connectivity index (χ0) is 35.2. The van der Waals surface area contributed by atoms with E-state index in [9.17, 15) is 17.6 Å². The van der Waals surface area contributed by atoms with E-state index in [0.29, 0.717) is 66.0 Å². The molecular formula is C39H46F4N4O4. The number of benzene rings is 3. The van der Waals surface area contributed by atoms with Gasteiger partial charge in [0.1, 0.15) is 53.4 Å². The molecule has 0 unspecified atom stereocenters. The van der Waals surface area contributed by atoms with Crippen LogP contribution in [-0.2, 0) is 6.18 Å². The summed E-state index contributed by atoms with van der Waals surface area (Å²) in [7, 11) is 0. The fourth-order valence-electron chi connectivity index (χ4n) is 7.41. The maximum Gasteiger partial charge on any atom is 0.419 e. The lowest BCUT2D eigenvalue weighted by Gasteiger charge is -2.17. The summed E-state index contributed by atoms with van der Waals surface area (Å²) in [6.07, 6.45) is 5.95. The Kier molecular flexibility index (Phi) is 11.2. The number of imidazole rings is 1. The molecule has 4 aromatic rings. The molecule has 3 heterocycles. The van der Waals surface area contributed by atoms with Crippen molar-refractivity contribution < 1.29 is 36.5 Å². The van der Waals surface area contributed by atoms with Crippen molar-refractivity contribution in [1.82, 2.24) is 19.8 Å². The molecule has 1 aromatic heterocycles. The number of nitrogens with one attached hydrogen (secondary N) is 1. The highest BCUT2D eigenvalue weighted by atomic mass is 19.4. The molecule has 274 valence electrons. The van der Waals surface area contributed by atoms with Crippen LogP contribution in [-0.4, -0.2) is 78.9 Å². The van der Waals surface area contributed by atoms with Gasteiger partial charge in [0.05, 0.1) is 23.3 Å². The molecular weight excluding hydrogens is 664 g/mol. The number of nitrogens with zero attached hydrogens (tertiary/aromatic N) is 3. The number of H-pyrrole nitrogens is 1. The van der Waals surface area contributed by atoms with E-state index in [-0.39, 0.29) is 11.5 Å². The van der Waals surface area contributed by atoms with Crippen LogP contribution in [0.2, 0.25) is 0 Å². The molecule has 8 nitrogen and oxygen atoms in total. The first kappa shape index (κ1) is 35.4. The smallest absolute Gasteiger partial charge is 0.419 e. The predicted molar refractivity (Wildman–Crippen MR) is 187 cm³/mol. The third-order valence-electron chi connectivity index (χ3n) is 10.2. The van der Waals surface area contributed by atoms with Crippen molar-refractivity contribution in [1.29, 1.82) is 0 Å². The van der Waals surface area contributed by atoms with Gasteiger partial charge in [-0.3, -0.25) is 9.80 Å². The molecule has 3 aromatic carbocycles. The number of rotatable bonds is 15. The number of alkyl halides is 3. The van der Waals surface area contributed by atoms with Gasteiger partial charge in [-0.15, -0.1) is 0 Å². The van der Waals surface area contributed by atoms with Crippen molar-refractivity contribution in [3.63, 3.8) is 0 Å². The van der Waals surface area contributed by atoms with Crippen LogP contribution in [0.3, 0.4) is 0 Å². The number of aromatic amines is 1. The zero-order valence-corrected chi connectivity index (χ0v) is 28.9. The first-order valence-corrected chi connectivity index (χ1v) is 18.3. The van der Waals surface area contributed by atoms with Gasteiger partial charge in [-0.05, 0) is 94.5 Å². The van der Waals surface area contributed by atoms with Crippen molar-refractivity contribution in [2.24, 2.45) is 5.92 Å². The summed E-state index contributed by atoms with van der Waals surface area (Å²) in [5, 5.41) is 0. The van der Waals surface area contributed by atoms with E-state index in [4.69, 9.17) is 23.9 Å². The summed E-state index contributed by atoms with van der Waals surface area (Å²) < 4.78 is 78.9. The van der Waals surface area contributed by atoms with Crippen molar-refractivity contribution in [2.75, 3.05) is 59.1 Å². The van der Waals surface area contributed by atoms with Crippen molar-refractivity contribution >= 4 is 11.0 Å². The first-order valence-electron chi connectivity index (χ1n) is 18.3. The van der Waals surface area contributed by atoms with Crippen LogP contribution in [0.5, 0.6) is 28.7 Å². The normalized spacial score (nSPS) is 17.5. The molecule has 1 aliphatic carbocycles. The maximum atomic E-state index is 14.0. The Labute approximate surface area is 296 Å². The van der Waals surface area contributed by atoms with E-state index in [1.165, 1.54) is 44.6 Å². The molecule has 3 aliphatic rings. The number of aromatic nitrogens is 2. The van der Waals surface area contributed by atoms with Crippen LogP contribution in [0, 0.1) is 11.7 Å². The summed E-state index contributed by atoms with van der Waals surface area (Å²) in [6.45, 7) is 7.40. The molecule has 1 saturated carbocycles. The lowest BCUT2D eigenvalue weighted by Crippen LogP contribution is -2.25. The zero-order valence-electron chi connectivity index (χ0n) is 28.9. The average Bonchev–Trinajstić information content (AvgIpc) is 3.94. The van der Waals surface area contributed by atoms with Crippen LogP contribution < -0.4 is 18.9 Å². The van der Waals surface area contributed by atoms with E-state index >= 15 is 0 Å². The van der Waals surface area contributed by atoms with Crippen LogP contribution in [0.4, 0.5) is 17.6 Å². The number of likely N-dealkylation sites (tertiary alicyclic amines) is 2. The molecule has 12 heteroatoms. The Morgan fingerprint density at radius 1 is 0.706 bits per heavy atom. The minimum atomic E-state index is -4.85. The molecule has 3 fully saturated rings. The molecule has 0 bridgehead atoms. The van der Waals surface area contributed by atoms with Crippen molar-refractivity contribution in [3.8, 4) is 40.1 Å². The Morgan fingerprint density at radius 2 is 1.33 bits per heavy atom. The van der Waals surface area contributed by atoms with E-state index in [0.717, 1.165) is 70.1 Å². The molecule has 0 radical (unpaired) electrons. The number of hydrogen-bond acceptors (Lipinski definition) is 7. The highest BCUT2D eigenvalue weighted by molar-refractivity contribution is 5.87. The van der Waals surface area contributed by atoms with Gasteiger partial charge in [0.2, 0.25) is 0 Å². The SMILES string of the molecule is Fc1ccc(Oc2ccc(-c3nc4c(OCCC5CCCC5)cc(OCCN5CCCC5)cc4[nH]3)c(OCCN3CCCC3)c2)cc1C(F)(F)F. The van der Waals surface area contributed by atoms with Crippen LogP contribution in [0.15, 0.2) is 48.5 Å². The Hall–Kier alpha value is -4.03. The van der Waals surface area contributed by atoms with Gasteiger partial charge in [-0.25, -0.2) is 9.37 Å². The number of fused-ring (bicyclic) bond motifs is 1. The van der Waals surface area contributed by atoms with Gasteiger partial charge < -0.3 is 23.9 Å². The van der Waals surface area contributed by atoms with Gasteiger partial charge >= 0.3 is 6.18 Å². The summed E-state index contributed by atoms with van der Waals surface area (Å²) in [4.78, 5) is 13.2. The molecule has 51 heavy (non-hydrogen) atoms. The fourth-order valence-corrected chi connectivity index (χ4v) is 7.41. The van der Waals surface area contributed by atoms with Crippen LogP contribution in [0.1, 0.15) is 63.4 Å². The second-order valence-corrected chi connectivity index (χ2v) is 13.9. The quantitative estimate of drug-likeness (QED) is 0.124. The van der Waals surface area contributed by atoms with Crippen molar-refractivity contribution in [3.05, 3.63) is 59.9 Å². The molecule has 2 saturated heterocycles. The summed E-state index contributed by atoms with van der Waals surface area (Å²) in [5.74, 6) is 1.79. The van der Waals surface area contributed by atoms with Gasteiger partial charge in [0, 0.05) is 31.3 Å². The average molecular weight is 711 g/mol. The van der Waals surface area contributed by atoms with Gasteiger partial charge in [-0.2, -0.15) is 13.2 Å². The lowest BCUT2D eigenvalue weighted by atomic mass is 10.1. The van der Waals surface area contributed by atoms with E-state index in [1.807, 2.05) is 12.1 Å². The van der Waals surface area contributed by atoms with Crippen molar-refractivity contribution in [2.45, 2.75) is 64.0 Å². The molecule has 2 aliphatic heterocycles. The molecule has 0 amide bonds. The molecule has 0 spiro atoms. The van der Waals surface area contributed by atoms with Gasteiger partial charge in [-0.1, -0.05) is 25.7 Å². The minimum absolute atomic E-state index is 0.139. The highest BCUT2D eigenvalue weighted by Gasteiger charge is 2.34. The van der Waals surface area contributed by atoms with E-state index < -0.39 is 17.6 Å². The predicted octanol–water partition coefficient (Wildman–Crippen LogP) is 9.09. The van der Waals surface area contributed by atoms with E-state index in [1.54, 1.807) is 18.2 Å². The Morgan fingerprint density at radius 3 is 2.04 bits per heavy atom. The second-order valence-electron chi connectivity index (χ2n) is 13.9. The second kappa shape index (κ2) is 16.1. The fraction of sp³-hybridized carbons (Fsp3) is 0.513. The lowest BCUT2D eigenvalue weighted by molar-refractivity contribution is -0.140. The van der Waals surface area contributed by atoms with Crippen LogP contribution >= 0.6 is 0 Å². The molecule has 1 N–H and O–H groups in total. The summed E-state index contributed by atoms with van der Waals surface area (Å²) >= 11 is 0. The number of ether oxygens (including phenoxy) is 4. The summed E-state index contributed by atoms with van der Waals surface area (Å²) in [6, 6.07) is 11.5. The Bertz CT molecular complexity index is 1760. The third kappa shape index (κ3) is 9.07. The minimum Gasteiger partial charge on any atom is -0.492 e. The highest BCUT2D eigenvalue weighted by Crippen LogP contribution is 2.39. The van der Waals surface area contributed by atoms with Crippen LogP contribution in [0.25, 0.3) is 22.4 Å². The largest absolute Gasteiger partial charge is 0.492 e. The van der Waals surface area contributed by atoms with E-state index in [2.05, 4.69) is 14.8 Å².